The van der Waals surface area contributed by atoms with E-state index in [0.717, 1.165) is 0 Å². The van der Waals surface area contributed by atoms with Gasteiger partial charge < -0.3 is 30.5 Å². The number of amides is 4. The van der Waals surface area contributed by atoms with E-state index in [4.69, 9.17) is 9.47 Å². The molecule has 2 aromatic carbocycles. The van der Waals surface area contributed by atoms with Crippen LogP contribution in [0.2, 0.25) is 0 Å². The van der Waals surface area contributed by atoms with Gasteiger partial charge in [-0.15, -0.1) is 4.99 Å². The molecule has 0 bridgehead atoms. The van der Waals surface area contributed by atoms with Gasteiger partial charge in [-0.05, 0) is 64.8 Å². The number of aliphatic hydroxyl groups is 1. The van der Waals surface area contributed by atoms with Crippen molar-refractivity contribution in [3.05, 3.63) is 65.7 Å². The Kier molecular flexibility index (Phi) is 13.6. The lowest BCUT2D eigenvalue weighted by Gasteiger charge is -2.21. The van der Waals surface area contributed by atoms with Crippen molar-refractivity contribution in [1.29, 1.82) is 0 Å². The van der Waals surface area contributed by atoms with Crippen LogP contribution in [-0.4, -0.2) is 73.9 Å². The molecular weight excluding hydrogens is 620 g/mol. The number of nitrogens with one attached hydrogen (secondary N) is 5. The normalized spacial score (nSPS) is 12.8. The molecule has 4 amide bonds. The van der Waals surface area contributed by atoms with Gasteiger partial charge in [0.15, 0.2) is 0 Å². The zero-order valence-electron chi connectivity index (χ0n) is 26.7. The molecule has 16 heteroatoms. The Hall–Kier alpha value is -4.54. The van der Waals surface area contributed by atoms with E-state index in [1.165, 1.54) is 0 Å². The van der Waals surface area contributed by atoms with Crippen molar-refractivity contribution in [2.45, 2.75) is 71.1 Å². The Morgan fingerprint density at radius 2 is 1.46 bits per heavy atom. The highest BCUT2D eigenvalue weighted by Crippen LogP contribution is 2.12. The summed E-state index contributed by atoms with van der Waals surface area (Å²) < 4.78 is 37.4. The Labute approximate surface area is 268 Å². The standard InChI is InChI=1S/C30H42N6O9S/c1-29(2,3)44-27(40)34-26(35-28(41)45-30(4,5)6)33-22-14-12-20(13-15-22)16-31-24(38)17-32-25(39)23(18-37)36-46(42,43)19-21-10-8-7-9-11-21/h7-15,23,36-37H,16-19H2,1-6H3,(H,31,38)(H,32,39)(H2,33,34,35,40,41)/t23-/m1/s1. The summed E-state index contributed by atoms with van der Waals surface area (Å²) in [6.07, 6.45) is -1.78. The summed E-state index contributed by atoms with van der Waals surface area (Å²) in [6, 6.07) is 13.4. The van der Waals surface area contributed by atoms with E-state index >= 15 is 0 Å². The molecule has 0 aliphatic heterocycles. The molecular formula is C30H42N6O9S. The summed E-state index contributed by atoms with van der Waals surface area (Å²) in [6.45, 7) is 8.87. The van der Waals surface area contributed by atoms with Gasteiger partial charge in [-0.3, -0.25) is 14.9 Å². The second-order valence-corrected chi connectivity index (χ2v) is 13.7. The first-order valence-electron chi connectivity index (χ1n) is 14.2. The molecule has 46 heavy (non-hydrogen) atoms. The van der Waals surface area contributed by atoms with Crippen LogP contribution in [0, 0.1) is 0 Å². The maximum Gasteiger partial charge on any atom is 0.437 e. The van der Waals surface area contributed by atoms with Crippen molar-refractivity contribution in [3.63, 3.8) is 0 Å². The third-order valence-electron chi connectivity index (χ3n) is 5.37. The van der Waals surface area contributed by atoms with Crippen LogP contribution in [0.15, 0.2) is 59.6 Å². The van der Waals surface area contributed by atoms with Gasteiger partial charge in [-0.25, -0.2) is 22.7 Å². The smallest absolute Gasteiger partial charge is 0.437 e. The van der Waals surface area contributed by atoms with Crippen molar-refractivity contribution in [3.8, 4) is 0 Å². The second-order valence-electron chi connectivity index (χ2n) is 12.0. The van der Waals surface area contributed by atoms with E-state index in [2.05, 4.69) is 31.0 Å². The zero-order valence-corrected chi connectivity index (χ0v) is 27.5. The Balaban J connectivity index is 1.92. The predicted molar refractivity (Wildman–Crippen MR) is 171 cm³/mol. The lowest BCUT2D eigenvalue weighted by Crippen LogP contribution is -2.50. The number of ether oxygens (including phenoxy) is 2. The maximum absolute atomic E-state index is 12.4. The fourth-order valence-corrected chi connectivity index (χ4v) is 4.82. The number of nitrogens with zero attached hydrogens (tertiary/aromatic N) is 1. The van der Waals surface area contributed by atoms with Crippen molar-refractivity contribution >= 4 is 45.7 Å². The molecule has 0 fully saturated rings. The summed E-state index contributed by atoms with van der Waals surface area (Å²) >= 11 is 0. The molecule has 2 aromatic rings. The molecule has 0 radical (unpaired) electrons. The van der Waals surface area contributed by atoms with Crippen molar-refractivity contribution < 1.29 is 42.2 Å². The first-order chi connectivity index (χ1) is 21.3. The van der Waals surface area contributed by atoms with Gasteiger partial charge in [0.1, 0.15) is 17.2 Å². The summed E-state index contributed by atoms with van der Waals surface area (Å²) in [5.74, 6) is -2.05. The van der Waals surface area contributed by atoms with Gasteiger partial charge in [0.2, 0.25) is 27.8 Å². The van der Waals surface area contributed by atoms with E-state index in [9.17, 15) is 32.7 Å². The molecule has 0 spiro atoms. The van der Waals surface area contributed by atoms with Gasteiger partial charge in [-0.2, -0.15) is 0 Å². The number of benzene rings is 2. The quantitative estimate of drug-likeness (QED) is 0.152. The molecule has 0 aliphatic rings. The van der Waals surface area contributed by atoms with E-state index < -0.39 is 64.4 Å². The Bertz CT molecular complexity index is 1480. The number of hydrogen-bond donors (Lipinski definition) is 6. The van der Waals surface area contributed by atoms with E-state index in [1.54, 1.807) is 96.1 Å². The van der Waals surface area contributed by atoms with Gasteiger partial charge >= 0.3 is 12.2 Å². The van der Waals surface area contributed by atoms with Crippen molar-refractivity contribution in [2.75, 3.05) is 18.5 Å². The molecule has 0 aliphatic carbocycles. The number of alkyl carbamates (subject to hydrolysis) is 1. The highest BCUT2D eigenvalue weighted by Gasteiger charge is 2.25. The summed E-state index contributed by atoms with van der Waals surface area (Å²) in [7, 11) is -3.95. The van der Waals surface area contributed by atoms with Crippen LogP contribution in [0.5, 0.6) is 0 Å². The van der Waals surface area contributed by atoms with Gasteiger partial charge in [0.25, 0.3) is 0 Å². The number of anilines is 1. The predicted octanol–water partition coefficient (Wildman–Crippen LogP) is 2.13. The number of aliphatic hydroxyl groups excluding tert-OH is 1. The molecule has 252 valence electrons. The average Bonchev–Trinajstić information content (AvgIpc) is 2.92. The van der Waals surface area contributed by atoms with Crippen molar-refractivity contribution in [1.82, 2.24) is 20.7 Å². The average molecular weight is 663 g/mol. The topological polar surface area (TPSA) is 214 Å². The summed E-state index contributed by atoms with van der Waals surface area (Å²) in [5.41, 5.74) is -0.00516. The molecule has 2 rings (SSSR count). The summed E-state index contributed by atoms with van der Waals surface area (Å²) in [5, 5.41) is 19.7. The maximum atomic E-state index is 12.4. The molecule has 15 nitrogen and oxygen atoms in total. The van der Waals surface area contributed by atoms with Gasteiger partial charge in [0.05, 0.1) is 18.9 Å². The largest absolute Gasteiger partial charge is 0.444 e. The molecule has 0 heterocycles. The minimum Gasteiger partial charge on any atom is -0.444 e. The van der Waals surface area contributed by atoms with Crippen LogP contribution in [0.1, 0.15) is 52.7 Å². The number of sulfonamides is 1. The van der Waals surface area contributed by atoms with Gasteiger partial charge in [-0.1, -0.05) is 42.5 Å². The van der Waals surface area contributed by atoms with Crippen LogP contribution in [0.25, 0.3) is 0 Å². The van der Waals surface area contributed by atoms with Crippen LogP contribution in [0.4, 0.5) is 15.3 Å². The van der Waals surface area contributed by atoms with E-state index in [-0.39, 0.29) is 18.3 Å². The minimum absolute atomic E-state index is 0.0805. The SMILES string of the molecule is CC(C)(C)OC(=O)/N=C(/NC(=O)OC(C)(C)C)Nc1ccc(CNC(=O)CNC(=O)[C@@H](CO)NS(=O)(=O)Cc2ccccc2)cc1. The third kappa shape index (κ3) is 15.5. The lowest BCUT2D eigenvalue weighted by atomic mass is 10.2. The highest BCUT2D eigenvalue weighted by atomic mass is 32.2. The molecule has 1 atom stereocenters. The monoisotopic (exact) mass is 662 g/mol. The minimum atomic E-state index is -3.95. The number of hydrogen-bond acceptors (Lipinski definition) is 9. The first-order valence-corrected chi connectivity index (χ1v) is 15.9. The van der Waals surface area contributed by atoms with E-state index in [1.807, 2.05) is 0 Å². The lowest BCUT2D eigenvalue weighted by molar-refractivity contribution is -0.127. The van der Waals surface area contributed by atoms with Crippen molar-refractivity contribution in [2.24, 2.45) is 4.99 Å². The van der Waals surface area contributed by atoms with Crippen LogP contribution < -0.4 is 26.0 Å². The van der Waals surface area contributed by atoms with Gasteiger partial charge in [0, 0.05) is 12.2 Å². The number of aliphatic imine (C=N–C) groups is 1. The van der Waals surface area contributed by atoms with E-state index in [0.29, 0.717) is 16.8 Å². The molecule has 0 saturated heterocycles. The molecule has 0 aromatic heterocycles. The Morgan fingerprint density at radius 1 is 0.848 bits per heavy atom. The number of rotatable bonds is 11. The first kappa shape index (κ1) is 37.6. The van der Waals surface area contributed by atoms with Crippen LogP contribution in [0.3, 0.4) is 0 Å². The number of guanidine groups is 1. The highest BCUT2D eigenvalue weighted by molar-refractivity contribution is 7.88. The fourth-order valence-electron chi connectivity index (χ4n) is 3.49. The molecule has 6 N–H and O–H groups in total. The number of carbonyl (C=O) groups is 4. The molecule has 0 unspecified atom stereocenters. The second kappa shape index (κ2) is 16.7. The molecule has 0 saturated carbocycles. The zero-order chi connectivity index (χ0) is 34.5. The van der Waals surface area contributed by atoms with Crippen LogP contribution in [-0.2, 0) is 41.4 Å². The fraction of sp³-hybridized carbons (Fsp3) is 0.433. The van der Waals surface area contributed by atoms with Crippen LogP contribution >= 0.6 is 0 Å². The summed E-state index contributed by atoms with van der Waals surface area (Å²) in [4.78, 5) is 53.1. The Morgan fingerprint density at radius 3 is 2.02 bits per heavy atom. The number of carbonyl (C=O) groups excluding carboxylic acids is 4. The third-order valence-corrected chi connectivity index (χ3v) is 6.72.